The first-order valence-corrected chi connectivity index (χ1v) is 7.65. The second-order valence-electron chi connectivity index (χ2n) is 3.64. The SMILES string of the molecule is CC#CCCNS(=O)(=O)c1cc(C(=O)O)c(Cl)cc1Cl. The lowest BCUT2D eigenvalue weighted by atomic mass is 10.2. The van der Waals surface area contributed by atoms with Crippen LogP contribution >= 0.6 is 23.2 Å². The normalized spacial score (nSPS) is 10.8. The Bertz CT molecular complexity index is 689. The first-order valence-electron chi connectivity index (χ1n) is 5.41. The van der Waals surface area contributed by atoms with Crippen molar-refractivity contribution in [3.63, 3.8) is 0 Å². The Balaban J connectivity index is 3.13. The zero-order valence-corrected chi connectivity index (χ0v) is 12.7. The van der Waals surface area contributed by atoms with Crippen LogP contribution in [-0.2, 0) is 10.0 Å². The number of nitrogens with one attached hydrogen (secondary N) is 1. The molecule has 0 radical (unpaired) electrons. The Kier molecular flexibility index (Phi) is 5.84. The summed E-state index contributed by atoms with van der Waals surface area (Å²) in [4.78, 5) is 10.6. The number of carbonyl (C=O) groups is 1. The molecule has 0 fully saturated rings. The molecule has 0 atom stereocenters. The van der Waals surface area contributed by atoms with Crippen LogP contribution in [0.5, 0.6) is 0 Å². The molecule has 8 heteroatoms. The van der Waals surface area contributed by atoms with Crippen molar-refractivity contribution in [3.8, 4) is 11.8 Å². The molecular weight excluding hydrogens is 325 g/mol. The first-order chi connectivity index (χ1) is 9.29. The molecular formula is C12H11Cl2NO4S. The van der Waals surface area contributed by atoms with Crippen molar-refractivity contribution in [2.45, 2.75) is 18.2 Å². The van der Waals surface area contributed by atoms with E-state index in [1.165, 1.54) is 0 Å². The van der Waals surface area contributed by atoms with E-state index in [1.807, 2.05) is 0 Å². The summed E-state index contributed by atoms with van der Waals surface area (Å²) in [6, 6.07) is 2.02. The predicted molar refractivity (Wildman–Crippen MR) is 76.7 cm³/mol. The molecule has 1 aromatic carbocycles. The minimum Gasteiger partial charge on any atom is -0.478 e. The molecule has 5 nitrogen and oxygen atoms in total. The molecule has 0 amide bonds. The van der Waals surface area contributed by atoms with Gasteiger partial charge in [-0.2, -0.15) is 0 Å². The van der Waals surface area contributed by atoms with Gasteiger partial charge >= 0.3 is 5.97 Å². The number of carboxylic acid groups (broad SMARTS) is 1. The zero-order valence-electron chi connectivity index (χ0n) is 10.4. The molecule has 0 unspecified atom stereocenters. The van der Waals surface area contributed by atoms with E-state index in [-0.39, 0.29) is 27.0 Å². The second kappa shape index (κ2) is 6.95. The van der Waals surface area contributed by atoms with Crippen molar-refractivity contribution in [1.29, 1.82) is 0 Å². The van der Waals surface area contributed by atoms with E-state index in [0.29, 0.717) is 6.42 Å². The second-order valence-corrected chi connectivity index (χ2v) is 6.19. The molecule has 0 spiro atoms. The molecule has 20 heavy (non-hydrogen) atoms. The van der Waals surface area contributed by atoms with Crippen molar-refractivity contribution >= 4 is 39.2 Å². The smallest absolute Gasteiger partial charge is 0.337 e. The van der Waals surface area contributed by atoms with Crippen molar-refractivity contribution in [2.24, 2.45) is 0 Å². The Morgan fingerprint density at radius 1 is 1.35 bits per heavy atom. The van der Waals surface area contributed by atoms with E-state index in [4.69, 9.17) is 28.3 Å². The number of halogens is 2. The van der Waals surface area contributed by atoms with E-state index in [1.54, 1.807) is 6.92 Å². The third-order valence-electron chi connectivity index (χ3n) is 2.26. The monoisotopic (exact) mass is 335 g/mol. The predicted octanol–water partition coefficient (Wildman–Crippen LogP) is 2.38. The van der Waals surface area contributed by atoms with Crippen LogP contribution in [0.2, 0.25) is 10.0 Å². The first kappa shape index (κ1) is 16.8. The molecule has 0 aliphatic rings. The summed E-state index contributed by atoms with van der Waals surface area (Å²) in [6.45, 7) is 1.74. The third kappa shape index (κ3) is 4.12. The molecule has 2 N–H and O–H groups in total. The van der Waals surface area contributed by atoms with Gasteiger partial charge in [0.25, 0.3) is 0 Å². The maximum absolute atomic E-state index is 12.0. The summed E-state index contributed by atoms with van der Waals surface area (Å²) in [5.74, 6) is 4.00. The van der Waals surface area contributed by atoms with Crippen LogP contribution in [0.3, 0.4) is 0 Å². The highest BCUT2D eigenvalue weighted by Gasteiger charge is 2.21. The van der Waals surface area contributed by atoms with Crippen LogP contribution in [0.1, 0.15) is 23.7 Å². The molecule has 0 saturated heterocycles. The maximum Gasteiger partial charge on any atom is 0.337 e. The quantitative estimate of drug-likeness (QED) is 0.639. The molecule has 0 saturated carbocycles. The van der Waals surface area contributed by atoms with Gasteiger partial charge in [-0.3, -0.25) is 0 Å². The van der Waals surface area contributed by atoms with Crippen molar-refractivity contribution in [2.75, 3.05) is 6.54 Å². The Hall–Kier alpha value is -1.26. The fraction of sp³-hybridized carbons (Fsp3) is 0.250. The Morgan fingerprint density at radius 3 is 2.55 bits per heavy atom. The molecule has 0 heterocycles. The molecule has 0 aliphatic heterocycles. The minimum absolute atomic E-state index is 0.102. The maximum atomic E-state index is 12.0. The van der Waals surface area contributed by atoms with Crippen molar-refractivity contribution in [1.82, 2.24) is 4.72 Å². The minimum atomic E-state index is -3.92. The fourth-order valence-electron chi connectivity index (χ4n) is 1.35. The van der Waals surface area contributed by atoms with Crippen molar-refractivity contribution in [3.05, 3.63) is 27.7 Å². The van der Waals surface area contributed by atoms with Crippen LogP contribution in [0.15, 0.2) is 17.0 Å². The van der Waals surface area contributed by atoms with Gasteiger partial charge in [0, 0.05) is 13.0 Å². The summed E-state index contributed by atoms with van der Waals surface area (Å²) in [6.07, 6.45) is 0.340. The van der Waals surface area contributed by atoms with E-state index in [2.05, 4.69) is 16.6 Å². The molecule has 1 rings (SSSR count). The van der Waals surface area contributed by atoms with Gasteiger partial charge in [-0.25, -0.2) is 17.9 Å². The van der Waals surface area contributed by atoms with Gasteiger partial charge in [0.1, 0.15) is 4.90 Å². The van der Waals surface area contributed by atoms with Gasteiger partial charge in [-0.15, -0.1) is 11.8 Å². The highest BCUT2D eigenvalue weighted by Crippen LogP contribution is 2.28. The van der Waals surface area contributed by atoms with Gasteiger partial charge in [0.15, 0.2) is 0 Å². The van der Waals surface area contributed by atoms with Crippen LogP contribution in [0.25, 0.3) is 0 Å². The van der Waals surface area contributed by atoms with Crippen LogP contribution in [0, 0.1) is 11.8 Å². The number of carboxylic acids is 1. The number of aromatic carboxylic acids is 1. The standard InChI is InChI=1S/C12H11Cl2NO4S/c1-2-3-4-5-15-20(18,19)11-6-8(12(16)17)9(13)7-10(11)14/h6-7,15H,4-5H2,1H3,(H,16,17). The van der Waals surface area contributed by atoms with E-state index in [0.717, 1.165) is 12.1 Å². The molecule has 0 bridgehead atoms. The molecule has 108 valence electrons. The Labute approximate surface area is 126 Å². The summed E-state index contributed by atoms with van der Waals surface area (Å²) in [5, 5.41) is 8.66. The summed E-state index contributed by atoms with van der Waals surface area (Å²) < 4.78 is 26.3. The summed E-state index contributed by atoms with van der Waals surface area (Å²) >= 11 is 11.5. The molecule has 0 aromatic heterocycles. The van der Waals surface area contributed by atoms with E-state index >= 15 is 0 Å². The highest BCUT2D eigenvalue weighted by atomic mass is 35.5. The van der Waals surface area contributed by atoms with E-state index < -0.39 is 16.0 Å². The van der Waals surface area contributed by atoms with Gasteiger partial charge in [-0.05, 0) is 19.1 Å². The van der Waals surface area contributed by atoms with Crippen LogP contribution in [0.4, 0.5) is 0 Å². The largest absolute Gasteiger partial charge is 0.478 e. The average Bonchev–Trinajstić information content (AvgIpc) is 2.33. The molecule has 0 aliphatic carbocycles. The number of benzene rings is 1. The average molecular weight is 336 g/mol. The Morgan fingerprint density at radius 2 is 2.00 bits per heavy atom. The number of sulfonamides is 1. The fourth-order valence-corrected chi connectivity index (χ4v) is 3.23. The number of hydrogen-bond acceptors (Lipinski definition) is 3. The lowest BCUT2D eigenvalue weighted by molar-refractivity contribution is 0.0697. The number of rotatable bonds is 5. The van der Waals surface area contributed by atoms with Crippen LogP contribution < -0.4 is 4.72 Å². The molecule has 1 aromatic rings. The number of hydrogen-bond donors (Lipinski definition) is 2. The van der Waals surface area contributed by atoms with Crippen molar-refractivity contribution < 1.29 is 18.3 Å². The van der Waals surface area contributed by atoms with E-state index in [9.17, 15) is 13.2 Å². The van der Waals surface area contributed by atoms with Gasteiger partial charge in [0.2, 0.25) is 10.0 Å². The summed E-state index contributed by atoms with van der Waals surface area (Å²) in [5.41, 5.74) is -0.329. The summed E-state index contributed by atoms with van der Waals surface area (Å²) in [7, 11) is -3.92. The zero-order chi connectivity index (χ0) is 15.3. The van der Waals surface area contributed by atoms with Gasteiger partial charge < -0.3 is 5.11 Å². The van der Waals surface area contributed by atoms with Gasteiger partial charge in [0.05, 0.1) is 15.6 Å². The highest BCUT2D eigenvalue weighted by molar-refractivity contribution is 7.89. The van der Waals surface area contributed by atoms with Gasteiger partial charge in [-0.1, -0.05) is 23.2 Å². The lowest BCUT2D eigenvalue weighted by Crippen LogP contribution is -2.25. The van der Waals surface area contributed by atoms with Crippen LogP contribution in [-0.4, -0.2) is 26.0 Å². The lowest BCUT2D eigenvalue weighted by Gasteiger charge is -2.09. The third-order valence-corrected chi connectivity index (χ3v) is 4.50. The topological polar surface area (TPSA) is 83.5 Å².